The summed E-state index contributed by atoms with van der Waals surface area (Å²) in [5.41, 5.74) is 0. The molecule has 4 heteroatoms. The van der Waals surface area contributed by atoms with Crippen molar-refractivity contribution in [2.45, 2.75) is 51.8 Å². The standard InChI is InChI=1S/C11H25NO2S/c1-6-11(12-5)10(4)7-8-15(13,14)9(2)3/h9-12H,6-8H2,1-5H3. The molecule has 0 saturated carbocycles. The predicted molar refractivity (Wildman–Crippen MR) is 65.8 cm³/mol. The van der Waals surface area contributed by atoms with E-state index in [4.69, 9.17) is 0 Å². The summed E-state index contributed by atoms with van der Waals surface area (Å²) in [5.74, 6) is 0.720. The fourth-order valence-electron chi connectivity index (χ4n) is 1.68. The quantitative estimate of drug-likeness (QED) is 0.732. The van der Waals surface area contributed by atoms with Crippen LogP contribution in [0.4, 0.5) is 0 Å². The molecule has 0 rings (SSSR count). The van der Waals surface area contributed by atoms with Crippen LogP contribution in [0.1, 0.15) is 40.5 Å². The lowest BCUT2D eigenvalue weighted by Crippen LogP contribution is -2.33. The van der Waals surface area contributed by atoms with Gasteiger partial charge in [0.25, 0.3) is 0 Å². The van der Waals surface area contributed by atoms with E-state index in [2.05, 4.69) is 19.2 Å². The van der Waals surface area contributed by atoms with Crippen molar-refractivity contribution in [2.75, 3.05) is 12.8 Å². The Morgan fingerprint density at radius 3 is 2.07 bits per heavy atom. The third-order valence-corrected chi connectivity index (χ3v) is 5.31. The zero-order valence-corrected chi connectivity index (χ0v) is 11.4. The molecule has 15 heavy (non-hydrogen) atoms. The Morgan fingerprint density at radius 2 is 1.73 bits per heavy atom. The van der Waals surface area contributed by atoms with E-state index in [9.17, 15) is 8.42 Å². The van der Waals surface area contributed by atoms with Gasteiger partial charge in [-0.25, -0.2) is 8.42 Å². The first-order chi connectivity index (χ1) is 6.85. The van der Waals surface area contributed by atoms with E-state index in [0.717, 1.165) is 12.8 Å². The van der Waals surface area contributed by atoms with Crippen molar-refractivity contribution < 1.29 is 8.42 Å². The molecule has 0 aromatic heterocycles. The summed E-state index contributed by atoms with van der Waals surface area (Å²) in [4.78, 5) is 0. The van der Waals surface area contributed by atoms with E-state index < -0.39 is 9.84 Å². The van der Waals surface area contributed by atoms with Gasteiger partial charge in [-0.05, 0) is 39.7 Å². The highest BCUT2D eigenvalue weighted by Crippen LogP contribution is 2.14. The summed E-state index contributed by atoms with van der Waals surface area (Å²) in [6.07, 6.45) is 1.79. The SMILES string of the molecule is CCC(NC)C(C)CCS(=O)(=O)C(C)C. The predicted octanol–water partition coefficient (Wildman–Crippen LogP) is 1.83. The number of hydrogen-bond acceptors (Lipinski definition) is 3. The Hall–Kier alpha value is -0.0900. The van der Waals surface area contributed by atoms with E-state index in [1.165, 1.54) is 0 Å². The molecule has 0 saturated heterocycles. The van der Waals surface area contributed by atoms with Crippen LogP contribution in [0.3, 0.4) is 0 Å². The lowest BCUT2D eigenvalue weighted by molar-refractivity contribution is 0.379. The van der Waals surface area contributed by atoms with Crippen LogP contribution in [-0.4, -0.2) is 32.5 Å². The molecule has 0 aromatic carbocycles. The lowest BCUT2D eigenvalue weighted by Gasteiger charge is -2.22. The third-order valence-electron chi connectivity index (χ3n) is 3.07. The van der Waals surface area contributed by atoms with E-state index in [-0.39, 0.29) is 5.25 Å². The topological polar surface area (TPSA) is 46.2 Å². The number of hydrogen-bond donors (Lipinski definition) is 1. The van der Waals surface area contributed by atoms with Gasteiger partial charge in [0.05, 0.1) is 11.0 Å². The normalized spacial score (nSPS) is 16.7. The van der Waals surface area contributed by atoms with Crippen LogP contribution in [0.2, 0.25) is 0 Å². The van der Waals surface area contributed by atoms with Crippen LogP contribution in [0, 0.1) is 5.92 Å². The Balaban J connectivity index is 4.16. The molecular weight excluding hydrogens is 210 g/mol. The molecule has 0 aliphatic rings. The van der Waals surface area contributed by atoms with Crippen molar-refractivity contribution in [3.63, 3.8) is 0 Å². The minimum absolute atomic E-state index is 0.251. The van der Waals surface area contributed by atoms with Gasteiger partial charge in [-0.1, -0.05) is 13.8 Å². The molecule has 0 aromatic rings. The average molecular weight is 235 g/mol. The molecule has 3 nitrogen and oxygen atoms in total. The van der Waals surface area contributed by atoms with Gasteiger partial charge in [0.1, 0.15) is 0 Å². The first-order valence-corrected chi connectivity index (χ1v) is 7.45. The van der Waals surface area contributed by atoms with Crippen molar-refractivity contribution in [3.8, 4) is 0 Å². The van der Waals surface area contributed by atoms with Crippen LogP contribution in [0.25, 0.3) is 0 Å². The van der Waals surface area contributed by atoms with Crippen LogP contribution >= 0.6 is 0 Å². The summed E-state index contributed by atoms with van der Waals surface area (Å²) in [7, 11) is -0.939. The van der Waals surface area contributed by atoms with Crippen LogP contribution in [0.5, 0.6) is 0 Å². The van der Waals surface area contributed by atoms with Crippen LogP contribution < -0.4 is 5.32 Å². The Bertz CT molecular complexity index is 256. The summed E-state index contributed by atoms with van der Waals surface area (Å²) >= 11 is 0. The molecule has 2 unspecified atom stereocenters. The lowest BCUT2D eigenvalue weighted by atomic mass is 9.97. The van der Waals surface area contributed by atoms with E-state index in [1.807, 2.05) is 7.05 Å². The smallest absolute Gasteiger partial charge is 0.152 e. The molecule has 0 radical (unpaired) electrons. The summed E-state index contributed by atoms with van der Waals surface area (Å²) < 4.78 is 23.2. The highest BCUT2D eigenvalue weighted by Gasteiger charge is 2.20. The molecule has 0 spiro atoms. The Kier molecular flexibility index (Phi) is 6.44. The Morgan fingerprint density at radius 1 is 1.20 bits per heavy atom. The van der Waals surface area contributed by atoms with Crippen molar-refractivity contribution in [2.24, 2.45) is 5.92 Å². The first-order valence-electron chi connectivity index (χ1n) is 5.74. The van der Waals surface area contributed by atoms with Gasteiger partial charge >= 0.3 is 0 Å². The van der Waals surface area contributed by atoms with Crippen molar-refractivity contribution in [1.82, 2.24) is 5.32 Å². The summed E-state index contributed by atoms with van der Waals surface area (Å²) in [6.45, 7) is 7.72. The summed E-state index contributed by atoms with van der Waals surface area (Å²) in [6, 6.07) is 0.423. The van der Waals surface area contributed by atoms with Gasteiger partial charge in [0.15, 0.2) is 9.84 Å². The zero-order valence-electron chi connectivity index (χ0n) is 10.6. The molecule has 0 bridgehead atoms. The molecule has 2 atom stereocenters. The van der Waals surface area contributed by atoms with Crippen LogP contribution in [-0.2, 0) is 9.84 Å². The first kappa shape index (κ1) is 14.9. The van der Waals surface area contributed by atoms with Crippen LogP contribution in [0.15, 0.2) is 0 Å². The van der Waals surface area contributed by atoms with Gasteiger partial charge in [-0.3, -0.25) is 0 Å². The molecule has 0 fully saturated rings. The van der Waals surface area contributed by atoms with Gasteiger partial charge in [0, 0.05) is 6.04 Å². The maximum atomic E-state index is 11.6. The molecule has 92 valence electrons. The van der Waals surface area contributed by atoms with E-state index >= 15 is 0 Å². The minimum Gasteiger partial charge on any atom is -0.317 e. The number of sulfone groups is 1. The van der Waals surface area contributed by atoms with Gasteiger partial charge in [0.2, 0.25) is 0 Å². The van der Waals surface area contributed by atoms with Crippen molar-refractivity contribution in [3.05, 3.63) is 0 Å². The Labute approximate surface area is 94.6 Å². The fraction of sp³-hybridized carbons (Fsp3) is 1.00. The highest BCUT2D eigenvalue weighted by atomic mass is 32.2. The maximum absolute atomic E-state index is 11.6. The summed E-state index contributed by atoms with van der Waals surface area (Å²) in [5, 5.41) is 2.97. The van der Waals surface area contributed by atoms with Gasteiger partial charge in [-0.2, -0.15) is 0 Å². The van der Waals surface area contributed by atoms with E-state index in [1.54, 1.807) is 13.8 Å². The second-order valence-corrected chi connectivity index (χ2v) is 7.16. The highest BCUT2D eigenvalue weighted by molar-refractivity contribution is 7.91. The van der Waals surface area contributed by atoms with Crippen molar-refractivity contribution in [1.29, 1.82) is 0 Å². The monoisotopic (exact) mass is 235 g/mol. The van der Waals surface area contributed by atoms with Gasteiger partial charge < -0.3 is 5.32 Å². The molecular formula is C11H25NO2S. The average Bonchev–Trinajstić information content (AvgIpc) is 2.16. The molecule has 0 amide bonds. The number of nitrogens with one attached hydrogen (secondary N) is 1. The third kappa shape index (κ3) is 4.98. The van der Waals surface area contributed by atoms with Gasteiger partial charge in [-0.15, -0.1) is 0 Å². The molecule has 0 aliphatic heterocycles. The van der Waals surface area contributed by atoms with E-state index in [0.29, 0.717) is 17.7 Å². The van der Waals surface area contributed by atoms with Crippen molar-refractivity contribution >= 4 is 9.84 Å². The zero-order chi connectivity index (χ0) is 12.1. The maximum Gasteiger partial charge on any atom is 0.152 e. The second kappa shape index (κ2) is 6.48. The fourth-order valence-corrected chi connectivity index (χ4v) is 2.85. The largest absolute Gasteiger partial charge is 0.317 e. The number of rotatable bonds is 7. The second-order valence-electron chi connectivity index (χ2n) is 4.49. The minimum atomic E-state index is -2.87. The molecule has 0 heterocycles. The molecule has 0 aliphatic carbocycles. The molecule has 1 N–H and O–H groups in total.